The lowest BCUT2D eigenvalue weighted by Crippen LogP contribution is -2.33. The van der Waals surface area contributed by atoms with Crippen molar-refractivity contribution in [2.45, 2.75) is 12.5 Å². The molecule has 0 fully saturated rings. The molecule has 19 heavy (non-hydrogen) atoms. The summed E-state index contributed by atoms with van der Waals surface area (Å²) in [6.07, 6.45) is 0.859. The van der Waals surface area contributed by atoms with Gasteiger partial charge in [-0.3, -0.25) is 10.9 Å². The number of nitrogens with one attached hydrogen (secondary N) is 2. The average molecular weight is 295 g/mol. The molecule has 0 aliphatic heterocycles. The first-order valence-corrected chi connectivity index (χ1v) is 6.87. The SMILES string of the molecule is CNNC(Cc1ccc(Cl)cc1)c1cccc(Cl)c1. The van der Waals surface area contributed by atoms with Crippen molar-refractivity contribution in [2.24, 2.45) is 0 Å². The molecule has 2 aromatic carbocycles. The molecule has 0 radical (unpaired) electrons. The zero-order valence-corrected chi connectivity index (χ0v) is 12.2. The molecule has 0 aromatic heterocycles. The minimum Gasteiger partial charge on any atom is -0.260 e. The molecule has 0 saturated heterocycles. The van der Waals surface area contributed by atoms with E-state index in [1.807, 2.05) is 49.5 Å². The van der Waals surface area contributed by atoms with Gasteiger partial charge in [-0.25, -0.2) is 0 Å². The standard InChI is InChI=1S/C15H16Cl2N2/c1-18-19-15(12-3-2-4-14(17)10-12)9-11-5-7-13(16)8-6-11/h2-8,10,15,18-19H,9H2,1H3. The van der Waals surface area contributed by atoms with Crippen molar-refractivity contribution in [3.8, 4) is 0 Å². The molecule has 1 atom stereocenters. The van der Waals surface area contributed by atoms with Gasteiger partial charge in [-0.2, -0.15) is 0 Å². The molecular weight excluding hydrogens is 279 g/mol. The van der Waals surface area contributed by atoms with E-state index in [1.54, 1.807) is 0 Å². The molecule has 0 heterocycles. The van der Waals surface area contributed by atoms with Gasteiger partial charge in [-0.1, -0.05) is 47.5 Å². The average Bonchev–Trinajstić information content (AvgIpc) is 2.41. The van der Waals surface area contributed by atoms with E-state index in [2.05, 4.69) is 16.9 Å². The van der Waals surface area contributed by atoms with Gasteiger partial charge in [-0.15, -0.1) is 0 Å². The maximum absolute atomic E-state index is 6.05. The van der Waals surface area contributed by atoms with Crippen molar-refractivity contribution >= 4 is 23.2 Å². The van der Waals surface area contributed by atoms with Gasteiger partial charge in [0.1, 0.15) is 0 Å². The molecular formula is C15H16Cl2N2. The van der Waals surface area contributed by atoms with Crippen LogP contribution in [0.4, 0.5) is 0 Å². The summed E-state index contributed by atoms with van der Waals surface area (Å²) in [4.78, 5) is 0. The smallest absolute Gasteiger partial charge is 0.0503 e. The van der Waals surface area contributed by atoms with Crippen LogP contribution in [0.5, 0.6) is 0 Å². The minimum atomic E-state index is 0.157. The third kappa shape index (κ3) is 4.22. The van der Waals surface area contributed by atoms with E-state index >= 15 is 0 Å². The third-order valence-electron chi connectivity index (χ3n) is 2.92. The second kappa shape index (κ2) is 6.92. The first-order valence-electron chi connectivity index (χ1n) is 6.11. The van der Waals surface area contributed by atoms with Crippen molar-refractivity contribution in [3.05, 3.63) is 69.7 Å². The van der Waals surface area contributed by atoms with Gasteiger partial charge < -0.3 is 0 Å². The lowest BCUT2D eigenvalue weighted by molar-refractivity contribution is 0.472. The molecule has 2 rings (SSSR count). The number of hydrogen-bond acceptors (Lipinski definition) is 2. The molecule has 0 spiro atoms. The number of hydrazine groups is 1. The lowest BCUT2D eigenvalue weighted by Gasteiger charge is -2.19. The van der Waals surface area contributed by atoms with Crippen molar-refractivity contribution in [1.82, 2.24) is 10.9 Å². The Kier molecular flexibility index (Phi) is 5.23. The summed E-state index contributed by atoms with van der Waals surface area (Å²) in [5.74, 6) is 0. The molecule has 0 aliphatic carbocycles. The number of hydrogen-bond donors (Lipinski definition) is 2. The van der Waals surface area contributed by atoms with E-state index in [9.17, 15) is 0 Å². The van der Waals surface area contributed by atoms with Gasteiger partial charge in [0.05, 0.1) is 6.04 Å². The summed E-state index contributed by atoms with van der Waals surface area (Å²) in [6.45, 7) is 0. The van der Waals surface area contributed by atoms with Gasteiger partial charge in [0.2, 0.25) is 0 Å². The fourth-order valence-electron chi connectivity index (χ4n) is 2.01. The fraction of sp³-hybridized carbons (Fsp3) is 0.200. The van der Waals surface area contributed by atoms with Gasteiger partial charge in [-0.05, 0) is 48.9 Å². The van der Waals surface area contributed by atoms with Crippen LogP contribution < -0.4 is 10.9 Å². The molecule has 0 bridgehead atoms. The summed E-state index contributed by atoms with van der Waals surface area (Å²) >= 11 is 11.9. The number of halogens is 2. The molecule has 2 N–H and O–H groups in total. The summed E-state index contributed by atoms with van der Waals surface area (Å²) in [5.41, 5.74) is 8.62. The van der Waals surface area contributed by atoms with Crippen LogP contribution in [0.25, 0.3) is 0 Å². The van der Waals surface area contributed by atoms with Crippen molar-refractivity contribution in [1.29, 1.82) is 0 Å². The highest BCUT2D eigenvalue weighted by molar-refractivity contribution is 6.30. The Morgan fingerprint density at radius 3 is 2.37 bits per heavy atom. The van der Waals surface area contributed by atoms with Crippen LogP contribution in [0.3, 0.4) is 0 Å². The normalized spacial score (nSPS) is 12.4. The number of rotatable bonds is 5. The van der Waals surface area contributed by atoms with E-state index in [0.29, 0.717) is 0 Å². The molecule has 100 valence electrons. The zero-order valence-electron chi connectivity index (χ0n) is 10.7. The Morgan fingerprint density at radius 1 is 1.00 bits per heavy atom. The van der Waals surface area contributed by atoms with Gasteiger partial charge >= 0.3 is 0 Å². The van der Waals surface area contributed by atoms with E-state index in [1.165, 1.54) is 5.56 Å². The summed E-state index contributed by atoms with van der Waals surface area (Å²) < 4.78 is 0. The third-order valence-corrected chi connectivity index (χ3v) is 3.41. The molecule has 0 saturated carbocycles. The molecule has 0 amide bonds. The van der Waals surface area contributed by atoms with Crippen LogP contribution in [0.15, 0.2) is 48.5 Å². The molecule has 2 nitrogen and oxygen atoms in total. The topological polar surface area (TPSA) is 24.1 Å². The van der Waals surface area contributed by atoms with Crippen LogP contribution in [0.2, 0.25) is 10.0 Å². The highest BCUT2D eigenvalue weighted by Crippen LogP contribution is 2.22. The predicted octanol–water partition coefficient (Wildman–Crippen LogP) is 4.00. The Bertz CT molecular complexity index is 526. The van der Waals surface area contributed by atoms with Gasteiger partial charge in [0.15, 0.2) is 0 Å². The van der Waals surface area contributed by atoms with Crippen LogP contribution >= 0.6 is 23.2 Å². The lowest BCUT2D eigenvalue weighted by atomic mass is 9.99. The Labute approximate surface area is 123 Å². The second-order valence-corrected chi connectivity index (χ2v) is 5.21. The maximum Gasteiger partial charge on any atom is 0.0503 e. The zero-order chi connectivity index (χ0) is 13.7. The Hall–Kier alpha value is -1.06. The quantitative estimate of drug-likeness (QED) is 0.815. The monoisotopic (exact) mass is 294 g/mol. The Balaban J connectivity index is 2.18. The van der Waals surface area contributed by atoms with E-state index < -0.39 is 0 Å². The summed E-state index contributed by atoms with van der Waals surface area (Å²) in [6, 6.07) is 15.9. The summed E-state index contributed by atoms with van der Waals surface area (Å²) in [7, 11) is 1.86. The fourth-order valence-corrected chi connectivity index (χ4v) is 2.33. The van der Waals surface area contributed by atoms with E-state index in [-0.39, 0.29) is 6.04 Å². The maximum atomic E-state index is 6.05. The highest BCUT2D eigenvalue weighted by Gasteiger charge is 2.11. The van der Waals surface area contributed by atoms with Crippen molar-refractivity contribution < 1.29 is 0 Å². The Morgan fingerprint density at radius 2 is 1.74 bits per heavy atom. The van der Waals surface area contributed by atoms with Crippen molar-refractivity contribution in [3.63, 3.8) is 0 Å². The molecule has 4 heteroatoms. The molecule has 1 unspecified atom stereocenters. The molecule has 0 aliphatic rings. The predicted molar refractivity (Wildman–Crippen MR) is 81.5 cm³/mol. The first-order chi connectivity index (χ1) is 9.19. The number of benzene rings is 2. The summed E-state index contributed by atoms with van der Waals surface area (Å²) in [5, 5.41) is 1.50. The molecule has 2 aromatic rings. The first kappa shape index (κ1) is 14.4. The van der Waals surface area contributed by atoms with Gasteiger partial charge in [0, 0.05) is 10.0 Å². The van der Waals surface area contributed by atoms with Crippen LogP contribution in [0, 0.1) is 0 Å². The minimum absolute atomic E-state index is 0.157. The van der Waals surface area contributed by atoms with Crippen LogP contribution in [0.1, 0.15) is 17.2 Å². The van der Waals surface area contributed by atoms with Crippen molar-refractivity contribution in [2.75, 3.05) is 7.05 Å². The largest absolute Gasteiger partial charge is 0.260 e. The van der Waals surface area contributed by atoms with E-state index in [0.717, 1.165) is 22.0 Å². The van der Waals surface area contributed by atoms with Gasteiger partial charge in [0.25, 0.3) is 0 Å². The van der Waals surface area contributed by atoms with Crippen LogP contribution in [-0.2, 0) is 6.42 Å². The second-order valence-electron chi connectivity index (χ2n) is 4.33. The highest BCUT2D eigenvalue weighted by atomic mass is 35.5. The van der Waals surface area contributed by atoms with Crippen LogP contribution in [-0.4, -0.2) is 7.05 Å². The van der Waals surface area contributed by atoms with E-state index in [4.69, 9.17) is 23.2 Å².